The van der Waals surface area contributed by atoms with Crippen molar-refractivity contribution >= 4 is 6.41 Å². The van der Waals surface area contributed by atoms with Gasteiger partial charge in [-0.3, -0.25) is 4.79 Å². The standard InChI is InChI=1S/C7H17N.C6H12N2O.C2H6/c1-3-4-5-6-7-8-2;1-7-2-4-8(6-9)5-3-7;1-2/h8H,3-7H2,1-2H3;6H,2-5H2,1H3;1-2H3. The molecule has 4 nitrogen and oxygen atoms in total. The van der Waals surface area contributed by atoms with Gasteiger partial charge in [0.2, 0.25) is 6.41 Å². The number of hydrogen-bond donors (Lipinski definition) is 1. The lowest BCUT2D eigenvalue weighted by Crippen LogP contribution is -2.43. The zero-order valence-electron chi connectivity index (χ0n) is 13.7. The highest BCUT2D eigenvalue weighted by Gasteiger charge is 2.10. The first kappa shape index (κ1) is 20.7. The number of nitrogens with one attached hydrogen (secondary N) is 1. The quantitative estimate of drug-likeness (QED) is 0.595. The fourth-order valence-electron chi connectivity index (χ4n) is 1.66. The zero-order valence-corrected chi connectivity index (χ0v) is 13.7. The lowest BCUT2D eigenvalue weighted by molar-refractivity contribution is -0.119. The van der Waals surface area contributed by atoms with E-state index in [0.29, 0.717) is 0 Å². The van der Waals surface area contributed by atoms with Crippen molar-refractivity contribution in [1.29, 1.82) is 0 Å². The van der Waals surface area contributed by atoms with Gasteiger partial charge in [0.1, 0.15) is 0 Å². The molecular weight excluding hydrogens is 238 g/mol. The molecule has 1 N–H and O–H groups in total. The van der Waals surface area contributed by atoms with E-state index >= 15 is 0 Å². The Morgan fingerprint density at radius 3 is 2.05 bits per heavy atom. The molecule has 1 aliphatic rings. The maximum atomic E-state index is 10.2. The molecule has 1 rings (SSSR count). The Hall–Kier alpha value is -0.610. The number of rotatable bonds is 6. The van der Waals surface area contributed by atoms with Crippen molar-refractivity contribution in [2.45, 2.75) is 46.5 Å². The van der Waals surface area contributed by atoms with Gasteiger partial charge in [0.05, 0.1) is 0 Å². The summed E-state index contributed by atoms with van der Waals surface area (Å²) in [5.74, 6) is 0. The highest BCUT2D eigenvalue weighted by molar-refractivity contribution is 5.47. The second-order valence-electron chi connectivity index (χ2n) is 4.61. The van der Waals surface area contributed by atoms with Crippen molar-refractivity contribution < 1.29 is 4.79 Å². The van der Waals surface area contributed by atoms with Crippen molar-refractivity contribution in [2.75, 3.05) is 46.8 Å². The van der Waals surface area contributed by atoms with Gasteiger partial charge in [-0.1, -0.05) is 40.0 Å². The van der Waals surface area contributed by atoms with Crippen LogP contribution in [0.2, 0.25) is 0 Å². The van der Waals surface area contributed by atoms with Gasteiger partial charge in [0.15, 0.2) is 0 Å². The normalized spacial score (nSPS) is 14.9. The fourth-order valence-corrected chi connectivity index (χ4v) is 1.66. The third-order valence-corrected chi connectivity index (χ3v) is 2.97. The van der Waals surface area contributed by atoms with Crippen LogP contribution in [0.3, 0.4) is 0 Å². The molecule has 0 atom stereocenters. The Labute approximate surface area is 120 Å². The molecule has 0 aromatic rings. The summed E-state index contributed by atoms with van der Waals surface area (Å²) in [4.78, 5) is 14.2. The average Bonchev–Trinajstić information content (AvgIpc) is 2.47. The molecule has 0 unspecified atom stereocenters. The van der Waals surface area contributed by atoms with Crippen molar-refractivity contribution in [3.8, 4) is 0 Å². The minimum Gasteiger partial charge on any atom is -0.343 e. The third kappa shape index (κ3) is 15.3. The molecule has 0 aromatic heterocycles. The van der Waals surface area contributed by atoms with Gasteiger partial charge in [0, 0.05) is 26.2 Å². The second-order valence-corrected chi connectivity index (χ2v) is 4.61. The molecule has 116 valence electrons. The molecule has 1 amide bonds. The first-order valence-corrected chi connectivity index (χ1v) is 7.77. The van der Waals surface area contributed by atoms with Crippen LogP contribution in [0, 0.1) is 0 Å². The van der Waals surface area contributed by atoms with Crippen LogP contribution >= 0.6 is 0 Å². The molecular formula is C15H35N3O. The van der Waals surface area contributed by atoms with E-state index < -0.39 is 0 Å². The van der Waals surface area contributed by atoms with E-state index in [-0.39, 0.29) is 0 Å². The molecule has 0 saturated carbocycles. The molecule has 0 aromatic carbocycles. The summed E-state index contributed by atoms with van der Waals surface area (Å²) in [5.41, 5.74) is 0. The lowest BCUT2D eigenvalue weighted by Gasteiger charge is -2.29. The number of hydrogen-bond acceptors (Lipinski definition) is 3. The molecule has 1 fully saturated rings. The largest absolute Gasteiger partial charge is 0.343 e. The van der Waals surface area contributed by atoms with E-state index in [1.165, 1.54) is 32.2 Å². The molecule has 1 heterocycles. The molecule has 0 bridgehead atoms. The Morgan fingerprint density at radius 1 is 1.05 bits per heavy atom. The third-order valence-electron chi connectivity index (χ3n) is 2.97. The summed E-state index contributed by atoms with van der Waals surface area (Å²) in [6.07, 6.45) is 6.38. The first-order valence-electron chi connectivity index (χ1n) is 7.77. The van der Waals surface area contributed by atoms with Crippen LogP contribution in [-0.2, 0) is 4.79 Å². The lowest BCUT2D eigenvalue weighted by atomic mass is 10.2. The van der Waals surface area contributed by atoms with Crippen LogP contribution in [-0.4, -0.2) is 63.0 Å². The maximum Gasteiger partial charge on any atom is 0.209 e. The van der Waals surface area contributed by atoms with Gasteiger partial charge in [-0.15, -0.1) is 0 Å². The van der Waals surface area contributed by atoms with E-state index in [4.69, 9.17) is 0 Å². The number of carbonyl (C=O) groups is 1. The SMILES string of the molecule is CC.CCCCCCNC.CN1CCN(C=O)CC1. The van der Waals surface area contributed by atoms with Crippen LogP contribution < -0.4 is 5.32 Å². The van der Waals surface area contributed by atoms with Crippen molar-refractivity contribution in [3.63, 3.8) is 0 Å². The summed E-state index contributed by atoms with van der Waals surface area (Å²) in [6.45, 7) is 11.2. The molecule has 1 saturated heterocycles. The number of amides is 1. The smallest absolute Gasteiger partial charge is 0.209 e. The predicted octanol–water partition coefficient (Wildman–Crippen LogP) is 2.20. The van der Waals surface area contributed by atoms with Crippen LogP contribution in [0.4, 0.5) is 0 Å². The van der Waals surface area contributed by atoms with Gasteiger partial charge in [-0.05, 0) is 27.1 Å². The highest BCUT2D eigenvalue weighted by atomic mass is 16.1. The minimum absolute atomic E-state index is 0.889. The molecule has 0 radical (unpaired) electrons. The highest BCUT2D eigenvalue weighted by Crippen LogP contribution is 1.96. The van der Waals surface area contributed by atoms with Gasteiger partial charge in [-0.25, -0.2) is 0 Å². The summed E-state index contributed by atoms with van der Waals surface area (Å²) in [5, 5.41) is 3.13. The van der Waals surface area contributed by atoms with Crippen LogP contribution in [0.1, 0.15) is 46.5 Å². The van der Waals surface area contributed by atoms with E-state index in [1.807, 2.05) is 20.9 Å². The number of piperazine rings is 1. The molecule has 0 spiro atoms. The van der Waals surface area contributed by atoms with Crippen molar-refractivity contribution in [2.24, 2.45) is 0 Å². The molecule has 19 heavy (non-hydrogen) atoms. The number of unbranched alkanes of at least 4 members (excludes halogenated alkanes) is 3. The van der Waals surface area contributed by atoms with Gasteiger partial charge >= 0.3 is 0 Å². The van der Waals surface area contributed by atoms with Crippen LogP contribution in [0.5, 0.6) is 0 Å². The first-order chi connectivity index (χ1) is 9.24. The van der Waals surface area contributed by atoms with Gasteiger partial charge in [-0.2, -0.15) is 0 Å². The summed E-state index contributed by atoms with van der Waals surface area (Å²) < 4.78 is 0. The number of likely N-dealkylation sites (N-methyl/N-ethyl adjacent to an activating group) is 1. The number of nitrogens with zero attached hydrogens (tertiary/aromatic N) is 2. The minimum atomic E-state index is 0.889. The molecule has 0 aliphatic carbocycles. The monoisotopic (exact) mass is 273 g/mol. The molecule has 1 aliphatic heterocycles. The summed E-state index contributed by atoms with van der Waals surface area (Å²) >= 11 is 0. The topological polar surface area (TPSA) is 35.6 Å². The predicted molar refractivity (Wildman–Crippen MR) is 84.6 cm³/mol. The fraction of sp³-hybridized carbons (Fsp3) is 0.933. The van der Waals surface area contributed by atoms with E-state index in [9.17, 15) is 4.79 Å². The Morgan fingerprint density at radius 2 is 1.63 bits per heavy atom. The summed E-state index contributed by atoms with van der Waals surface area (Å²) in [7, 11) is 4.08. The Balaban J connectivity index is 0. The van der Waals surface area contributed by atoms with Crippen LogP contribution in [0.25, 0.3) is 0 Å². The van der Waals surface area contributed by atoms with Gasteiger partial charge in [0.25, 0.3) is 0 Å². The molecule has 4 heteroatoms. The van der Waals surface area contributed by atoms with Gasteiger partial charge < -0.3 is 15.1 Å². The van der Waals surface area contributed by atoms with Crippen molar-refractivity contribution in [1.82, 2.24) is 15.1 Å². The van der Waals surface area contributed by atoms with E-state index in [0.717, 1.165) is 32.6 Å². The average molecular weight is 273 g/mol. The Bertz CT molecular complexity index is 163. The number of carbonyl (C=O) groups excluding carboxylic acids is 1. The van der Waals surface area contributed by atoms with Crippen LogP contribution in [0.15, 0.2) is 0 Å². The van der Waals surface area contributed by atoms with Crippen molar-refractivity contribution in [3.05, 3.63) is 0 Å². The Kier molecular flexibility index (Phi) is 18.9. The van der Waals surface area contributed by atoms with E-state index in [1.54, 1.807) is 4.90 Å². The zero-order chi connectivity index (χ0) is 14.9. The second kappa shape index (κ2) is 17.4. The maximum absolute atomic E-state index is 10.2. The summed E-state index contributed by atoms with van der Waals surface area (Å²) in [6, 6.07) is 0. The van der Waals surface area contributed by atoms with E-state index in [2.05, 4.69) is 24.2 Å².